The molecule has 0 radical (unpaired) electrons. The van der Waals surface area contributed by atoms with Crippen LogP contribution >= 0.6 is 0 Å². The maximum absolute atomic E-state index is 11.4. The molecule has 4 nitrogen and oxygen atoms in total. The van der Waals surface area contributed by atoms with Gasteiger partial charge in [-0.3, -0.25) is 0 Å². The fourth-order valence-electron chi connectivity index (χ4n) is 3.05. The Labute approximate surface area is 120 Å². The molecule has 1 fully saturated rings. The van der Waals surface area contributed by atoms with Crippen LogP contribution in [0.4, 0.5) is 5.69 Å². The van der Waals surface area contributed by atoms with Crippen LogP contribution in [-0.4, -0.2) is 31.3 Å². The Bertz CT molecular complexity index is 494. The fraction of sp³-hybridized carbons (Fsp3) is 0.562. The van der Waals surface area contributed by atoms with Gasteiger partial charge in [0.15, 0.2) is 0 Å². The van der Waals surface area contributed by atoms with Gasteiger partial charge < -0.3 is 14.7 Å². The summed E-state index contributed by atoms with van der Waals surface area (Å²) in [5, 5.41) is 9.37. The first-order valence-corrected chi connectivity index (χ1v) is 7.21. The van der Waals surface area contributed by atoms with E-state index in [-0.39, 0.29) is 0 Å². The largest absolute Gasteiger partial charge is 0.497 e. The summed E-state index contributed by atoms with van der Waals surface area (Å²) in [5.41, 5.74) is 1.45. The monoisotopic (exact) mass is 277 g/mol. The number of carboxylic acids is 1. The normalized spacial score (nSPS) is 17.2. The quantitative estimate of drug-likeness (QED) is 0.896. The van der Waals surface area contributed by atoms with E-state index >= 15 is 0 Å². The Morgan fingerprint density at radius 1 is 1.40 bits per heavy atom. The van der Waals surface area contributed by atoms with E-state index < -0.39 is 5.97 Å². The first-order chi connectivity index (χ1) is 9.55. The lowest BCUT2D eigenvalue weighted by atomic mass is 9.82. The molecule has 1 aliphatic rings. The van der Waals surface area contributed by atoms with Crippen molar-refractivity contribution in [3.8, 4) is 5.75 Å². The molecule has 1 saturated heterocycles. The van der Waals surface area contributed by atoms with E-state index in [0.717, 1.165) is 38.0 Å². The third kappa shape index (κ3) is 2.60. The minimum Gasteiger partial charge on any atom is -0.497 e. The van der Waals surface area contributed by atoms with E-state index in [4.69, 9.17) is 4.74 Å². The van der Waals surface area contributed by atoms with Gasteiger partial charge in [0, 0.05) is 19.2 Å². The van der Waals surface area contributed by atoms with Gasteiger partial charge in [0.2, 0.25) is 0 Å². The summed E-state index contributed by atoms with van der Waals surface area (Å²) in [6, 6.07) is 5.18. The van der Waals surface area contributed by atoms with Crippen molar-refractivity contribution in [2.75, 3.05) is 25.1 Å². The molecule has 20 heavy (non-hydrogen) atoms. The van der Waals surface area contributed by atoms with E-state index in [9.17, 15) is 9.90 Å². The summed E-state index contributed by atoms with van der Waals surface area (Å²) in [4.78, 5) is 13.6. The molecule has 1 N–H and O–H groups in total. The Balaban J connectivity index is 2.35. The van der Waals surface area contributed by atoms with Crippen LogP contribution in [0.25, 0.3) is 0 Å². The summed E-state index contributed by atoms with van der Waals surface area (Å²) in [5.74, 6) is -0.177. The zero-order chi connectivity index (χ0) is 14.8. The smallest absolute Gasteiger partial charge is 0.337 e. The first kappa shape index (κ1) is 14.7. The van der Waals surface area contributed by atoms with Gasteiger partial charge in [0.25, 0.3) is 0 Å². The predicted octanol–water partition coefficient (Wildman–Crippen LogP) is 3.41. The van der Waals surface area contributed by atoms with Gasteiger partial charge in [-0.15, -0.1) is 0 Å². The van der Waals surface area contributed by atoms with Crippen molar-refractivity contribution in [2.45, 2.75) is 33.1 Å². The molecule has 1 aromatic carbocycles. The van der Waals surface area contributed by atoms with E-state index in [2.05, 4.69) is 18.7 Å². The Morgan fingerprint density at radius 2 is 2.10 bits per heavy atom. The molecular formula is C16H23NO3. The van der Waals surface area contributed by atoms with Gasteiger partial charge in [-0.05, 0) is 36.8 Å². The molecule has 0 spiro atoms. The maximum Gasteiger partial charge on any atom is 0.337 e. The van der Waals surface area contributed by atoms with Crippen LogP contribution < -0.4 is 9.64 Å². The lowest BCUT2D eigenvalue weighted by molar-refractivity contribution is 0.0697. The topological polar surface area (TPSA) is 49.8 Å². The number of hydrogen-bond donors (Lipinski definition) is 1. The van der Waals surface area contributed by atoms with Crippen molar-refractivity contribution >= 4 is 11.7 Å². The van der Waals surface area contributed by atoms with Crippen LogP contribution in [-0.2, 0) is 0 Å². The second-order valence-electron chi connectivity index (χ2n) is 5.57. The molecule has 4 heteroatoms. The second-order valence-corrected chi connectivity index (χ2v) is 5.57. The van der Waals surface area contributed by atoms with E-state index in [1.165, 1.54) is 0 Å². The molecule has 0 bridgehead atoms. The van der Waals surface area contributed by atoms with Crippen LogP contribution in [0.15, 0.2) is 18.2 Å². The molecule has 0 atom stereocenters. The average Bonchev–Trinajstić information content (AvgIpc) is 2.91. The average molecular weight is 277 g/mol. The molecule has 110 valence electrons. The number of anilines is 1. The van der Waals surface area contributed by atoms with Gasteiger partial charge in [-0.25, -0.2) is 4.79 Å². The number of hydrogen-bond acceptors (Lipinski definition) is 3. The summed E-state index contributed by atoms with van der Waals surface area (Å²) in [6.45, 7) is 6.27. The van der Waals surface area contributed by atoms with Crippen LogP contribution in [0.2, 0.25) is 0 Å². The third-order valence-electron chi connectivity index (χ3n) is 4.71. The van der Waals surface area contributed by atoms with Gasteiger partial charge in [-0.1, -0.05) is 13.8 Å². The van der Waals surface area contributed by atoms with Crippen molar-refractivity contribution in [1.82, 2.24) is 0 Å². The molecule has 0 aliphatic carbocycles. The molecule has 1 aromatic rings. The van der Waals surface area contributed by atoms with E-state index in [0.29, 0.717) is 16.7 Å². The third-order valence-corrected chi connectivity index (χ3v) is 4.71. The number of ether oxygens (including phenoxy) is 1. The Hall–Kier alpha value is -1.71. The standard InChI is InChI=1S/C16H23NO3/c1-4-16(5-2)8-9-17(11-16)14-10-12(20-3)6-7-13(14)15(18)19/h6-7,10H,4-5,8-9,11H2,1-3H3,(H,18,19). The first-order valence-electron chi connectivity index (χ1n) is 7.21. The van der Waals surface area contributed by atoms with E-state index in [1.807, 2.05) is 6.07 Å². The Morgan fingerprint density at radius 3 is 2.60 bits per heavy atom. The lowest BCUT2D eigenvalue weighted by Gasteiger charge is -2.28. The predicted molar refractivity (Wildman–Crippen MR) is 79.8 cm³/mol. The number of rotatable bonds is 5. The van der Waals surface area contributed by atoms with Crippen molar-refractivity contribution in [2.24, 2.45) is 5.41 Å². The molecular weight excluding hydrogens is 254 g/mol. The summed E-state index contributed by atoms with van der Waals surface area (Å²) in [6.07, 6.45) is 3.38. The highest BCUT2D eigenvalue weighted by molar-refractivity contribution is 5.95. The Kier molecular flexibility index (Phi) is 4.21. The number of carboxylic acid groups (broad SMARTS) is 1. The van der Waals surface area contributed by atoms with Crippen molar-refractivity contribution in [3.63, 3.8) is 0 Å². The van der Waals surface area contributed by atoms with Crippen molar-refractivity contribution in [1.29, 1.82) is 0 Å². The lowest BCUT2D eigenvalue weighted by Crippen LogP contribution is -2.27. The molecule has 2 rings (SSSR count). The van der Waals surface area contributed by atoms with Gasteiger partial charge >= 0.3 is 5.97 Å². The molecule has 0 saturated carbocycles. The molecule has 1 heterocycles. The summed E-state index contributed by atoms with van der Waals surface area (Å²) in [7, 11) is 1.60. The van der Waals surface area contributed by atoms with Gasteiger partial charge in [0.1, 0.15) is 5.75 Å². The molecule has 1 aliphatic heterocycles. The number of aromatic carboxylic acids is 1. The number of methoxy groups -OCH3 is 1. The van der Waals surface area contributed by atoms with Crippen LogP contribution in [0.3, 0.4) is 0 Å². The second kappa shape index (κ2) is 5.73. The summed E-state index contributed by atoms with van der Waals surface area (Å²) < 4.78 is 5.23. The van der Waals surface area contributed by atoms with Crippen LogP contribution in [0, 0.1) is 5.41 Å². The zero-order valence-electron chi connectivity index (χ0n) is 12.5. The fourth-order valence-corrected chi connectivity index (χ4v) is 3.05. The van der Waals surface area contributed by atoms with Crippen molar-refractivity contribution < 1.29 is 14.6 Å². The van der Waals surface area contributed by atoms with Gasteiger partial charge in [-0.2, -0.15) is 0 Å². The highest BCUT2D eigenvalue weighted by Gasteiger charge is 2.36. The van der Waals surface area contributed by atoms with Crippen LogP contribution in [0.5, 0.6) is 5.75 Å². The highest BCUT2D eigenvalue weighted by Crippen LogP contribution is 2.40. The minimum absolute atomic E-state index is 0.318. The minimum atomic E-state index is -0.881. The highest BCUT2D eigenvalue weighted by atomic mass is 16.5. The van der Waals surface area contributed by atoms with Crippen molar-refractivity contribution in [3.05, 3.63) is 23.8 Å². The zero-order valence-corrected chi connectivity index (χ0v) is 12.5. The van der Waals surface area contributed by atoms with Crippen LogP contribution in [0.1, 0.15) is 43.5 Å². The number of benzene rings is 1. The van der Waals surface area contributed by atoms with E-state index in [1.54, 1.807) is 19.2 Å². The maximum atomic E-state index is 11.4. The molecule has 0 amide bonds. The molecule has 0 aromatic heterocycles. The number of nitrogens with zero attached hydrogens (tertiary/aromatic N) is 1. The number of carbonyl (C=O) groups is 1. The van der Waals surface area contributed by atoms with Gasteiger partial charge in [0.05, 0.1) is 18.4 Å². The summed E-state index contributed by atoms with van der Waals surface area (Å²) >= 11 is 0. The molecule has 0 unspecified atom stereocenters. The SMILES string of the molecule is CCC1(CC)CCN(c2cc(OC)ccc2C(=O)O)C1.